The Balaban J connectivity index is 2.67. The standard InChI is InChI=1S/C8H9ClO3S/c1-12-6(8(10)11)4-7-5(9)2-3-13-7/h2-3,6H,4H2,1H3,(H,10,11). The lowest BCUT2D eigenvalue weighted by Crippen LogP contribution is -2.24. The van der Waals surface area contributed by atoms with Gasteiger partial charge in [-0.25, -0.2) is 4.79 Å². The summed E-state index contributed by atoms with van der Waals surface area (Å²) in [5, 5.41) is 11.1. The molecule has 0 aliphatic heterocycles. The van der Waals surface area contributed by atoms with Crippen LogP contribution in [0.5, 0.6) is 0 Å². The van der Waals surface area contributed by atoms with Gasteiger partial charge in [-0.15, -0.1) is 11.3 Å². The minimum Gasteiger partial charge on any atom is -0.479 e. The largest absolute Gasteiger partial charge is 0.479 e. The molecule has 0 saturated heterocycles. The SMILES string of the molecule is COC(Cc1sccc1Cl)C(=O)O. The Morgan fingerprint density at radius 1 is 1.85 bits per heavy atom. The number of hydrogen-bond acceptors (Lipinski definition) is 3. The summed E-state index contributed by atoms with van der Waals surface area (Å²) >= 11 is 7.24. The molecule has 72 valence electrons. The number of hydrogen-bond donors (Lipinski definition) is 1. The van der Waals surface area contributed by atoms with Crippen molar-refractivity contribution in [1.82, 2.24) is 0 Å². The second-order valence-electron chi connectivity index (χ2n) is 2.46. The van der Waals surface area contributed by atoms with E-state index in [4.69, 9.17) is 21.4 Å². The number of thiophene rings is 1. The van der Waals surface area contributed by atoms with Crippen LogP contribution in [0.4, 0.5) is 0 Å². The summed E-state index contributed by atoms with van der Waals surface area (Å²) in [5.74, 6) is -0.966. The lowest BCUT2D eigenvalue weighted by Gasteiger charge is -2.08. The van der Waals surface area contributed by atoms with Crippen LogP contribution in [0.25, 0.3) is 0 Å². The minimum atomic E-state index is -0.966. The quantitative estimate of drug-likeness (QED) is 0.845. The molecule has 0 aliphatic rings. The first-order valence-electron chi connectivity index (χ1n) is 3.62. The fraction of sp³-hybridized carbons (Fsp3) is 0.375. The van der Waals surface area contributed by atoms with Crippen LogP contribution in [0, 0.1) is 0 Å². The lowest BCUT2D eigenvalue weighted by molar-refractivity contribution is -0.148. The van der Waals surface area contributed by atoms with E-state index in [1.807, 2.05) is 5.38 Å². The van der Waals surface area contributed by atoms with Gasteiger partial charge in [0.05, 0.1) is 5.02 Å². The van der Waals surface area contributed by atoms with Gasteiger partial charge < -0.3 is 9.84 Å². The predicted molar refractivity (Wildman–Crippen MR) is 51.5 cm³/mol. The summed E-state index contributed by atoms with van der Waals surface area (Å²) in [6.45, 7) is 0. The molecule has 13 heavy (non-hydrogen) atoms. The number of carboxylic acids is 1. The second-order valence-corrected chi connectivity index (χ2v) is 3.87. The number of carboxylic acid groups (broad SMARTS) is 1. The van der Waals surface area contributed by atoms with E-state index >= 15 is 0 Å². The number of aliphatic carboxylic acids is 1. The van der Waals surface area contributed by atoms with Crippen LogP contribution in [0.1, 0.15) is 4.88 Å². The van der Waals surface area contributed by atoms with Crippen molar-refractivity contribution in [3.8, 4) is 0 Å². The van der Waals surface area contributed by atoms with E-state index < -0.39 is 12.1 Å². The van der Waals surface area contributed by atoms with Gasteiger partial charge in [0.2, 0.25) is 0 Å². The van der Waals surface area contributed by atoms with Crippen molar-refractivity contribution in [2.24, 2.45) is 0 Å². The Morgan fingerprint density at radius 2 is 2.54 bits per heavy atom. The molecule has 1 atom stereocenters. The van der Waals surface area contributed by atoms with Crippen LogP contribution in [-0.2, 0) is 16.0 Å². The highest BCUT2D eigenvalue weighted by Crippen LogP contribution is 2.23. The molecule has 0 aromatic carbocycles. The molecule has 0 spiro atoms. The van der Waals surface area contributed by atoms with Crippen molar-refractivity contribution >= 4 is 28.9 Å². The Hall–Kier alpha value is -0.580. The number of methoxy groups -OCH3 is 1. The van der Waals surface area contributed by atoms with E-state index in [1.54, 1.807) is 6.07 Å². The smallest absolute Gasteiger partial charge is 0.333 e. The molecule has 0 amide bonds. The maximum atomic E-state index is 10.6. The number of halogens is 1. The zero-order valence-corrected chi connectivity index (χ0v) is 8.56. The zero-order valence-electron chi connectivity index (χ0n) is 6.99. The topological polar surface area (TPSA) is 46.5 Å². The molecule has 1 aromatic rings. The summed E-state index contributed by atoms with van der Waals surface area (Å²) in [6, 6.07) is 1.75. The average Bonchev–Trinajstić information content (AvgIpc) is 2.46. The van der Waals surface area contributed by atoms with E-state index in [2.05, 4.69) is 0 Å². The molecule has 1 heterocycles. The monoisotopic (exact) mass is 220 g/mol. The first-order chi connectivity index (χ1) is 6.15. The molecular weight excluding hydrogens is 212 g/mol. The maximum absolute atomic E-state index is 10.6. The van der Waals surface area contributed by atoms with Crippen molar-refractivity contribution in [3.05, 3.63) is 21.3 Å². The minimum absolute atomic E-state index is 0.322. The summed E-state index contributed by atoms with van der Waals surface area (Å²) in [5.41, 5.74) is 0. The summed E-state index contributed by atoms with van der Waals surface area (Å²) < 4.78 is 4.79. The Morgan fingerprint density at radius 3 is 2.92 bits per heavy atom. The van der Waals surface area contributed by atoms with Crippen molar-refractivity contribution in [2.45, 2.75) is 12.5 Å². The highest BCUT2D eigenvalue weighted by molar-refractivity contribution is 7.10. The van der Waals surface area contributed by atoms with Crippen molar-refractivity contribution in [2.75, 3.05) is 7.11 Å². The normalized spacial score (nSPS) is 12.8. The highest BCUT2D eigenvalue weighted by Gasteiger charge is 2.18. The first-order valence-corrected chi connectivity index (χ1v) is 4.88. The fourth-order valence-corrected chi connectivity index (χ4v) is 2.06. The highest BCUT2D eigenvalue weighted by atomic mass is 35.5. The van der Waals surface area contributed by atoms with Crippen LogP contribution in [0.15, 0.2) is 11.4 Å². The van der Waals surface area contributed by atoms with Crippen LogP contribution >= 0.6 is 22.9 Å². The van der Waals surface area contributed by atoms with E-state index in [-0.39, 0.29) is 0 Å². The maximum Gasteiger partial charge on any atom is 0.333 e. The molecule has 1 unspecified atom stereocenters. The lowest BCUT2D eigenvalue weighted by atomic mass is 10.2. The molecule has 0 bridgehead atoms. The van der Waals surface area contributed by atoms with Crippen LogP contribution in [-0.4, -0.2) is 24.3 Å². The van der Waals surface area contributed by atoms with Gasteiger partial charge in [-0.1, -0.05) is 11.6 Å². The number of ether oxygens (including phenoxy) is 1. The molecule has 1 aromatic heterocycles. The molecule has 0 fully saturated rings. The van der Waals surface area contributed by atoms with Crippen LogP contribution in [0.3, 0.4) is 0 Å². The molecule has 0 saturated carbocycles. The third-order valence-corrected chi connectivity index (χ3v) is 3.03. The van der Waals surface area contributed by atoms with Gasteiger partial charge in [-0.05, 0) is 11.4 Å². The molecule has 1 N–H and O–H groups in total. The van der Waals surface area contributed by atoms with Crippen molar-refractivity contribution < 1.29 is 14.6 Å². The third kappa shape index (κ3) is 2.69. The Labute approximate surface area is 84.9 Å². The summed E-state index contributed by atoms with van der Waals surface area (Å²) in [6.07, 6.45) is -0.487. The van der Waals surface area contributed by atoms with Gasteiger partial charge in [0.15, 0.2) is 6.10 Å². The van der Waals surface area contributed by atoms with Crippen LogP contribution in [0.2, 0.25) is 5.02 Å². The zero-order chi connectivity index (χ0) is 9.84. The summed E-state index contributed by atoms with van der Waals surface area (Å²) in [4.78, 5) is 11.4. The van der Waals surface area contributed by atoms with E-state index in [1.165, 1.54) is 18.4 Å². The Bertz CT molecular complexity index is 297. The third-order valence-electron chi connectivity index (χ3n) is 1.62. The first kappa shape index (κ1) is 10.5. The van der Waals surface area contributed by atoms with Crippen molar-refractivity contribution in [3.63, 3.8) is 0 Å². The number of rotatable bonds is 4. The molecule has 5 heteroatoms. The molecule has 0 radical (unpaired) electrons. The van der Waals surface area contributed by atoms with Gasteiger partial charge in [-0.3, -0.25) is 0 Å². The molecular formula is C8H9ClO3S. The van der Waals surface area contributed by atoms with Gasteiger partial charge in [0, 0.05) is 18.4 Å². The fourth-order valence-electron chi connectivity index (χ4n) is 0.911. The Kier molecular flexibility index (Phi) is 3.71. The van der Waals surface area contributed by atoms with Gasteiger partial charge in [-0.2, -0.15) is 0 Å². The average molecular weight is 221 g/mol. The van der Waals surface area contributed by atoms with E-state index in [9.17, 15) is 4.79 Å². The predicted octanol–water partition coefficient (Wildman–Crippen LogP) is 2.04. The second kappa shape index (κ2) is 4.60. The molecule has 0 aliphatic carbocycles. The van der Waals surface area contributed by atoms with Gasteiger partial charge in [0.25, 0.3) is 0 Å². The molecule has 3 nitrogen and oxygen atoms in total. The van der Waals surface area contributed by atoms with Crippen LogP contribution < -0.4 is 0 Å². The van der Waals surface area contributed by atoms with Gasteiger partial charge >= 0.3 is 5.97 Å². The molecule has 1 rings (SSSR count). The van der Waals surface area contributed by atoms with E-state index in [0.29, 0.717) is 11.4 Å². The van der Waals surface area contributed by atoms with Crippen molar-refractivity contribution in [1.29, 1.82) is 0 Å². The van der Waals surface area contributed by atoms with Gasteiger partial charge in [0.1, 0.15) is 0 Å². The number of carbonyl (C=O) groups is 1. The summed E-state index contributed by atoms with van der Waals surface area (Å²) in [7, 11) is 1.38. The van der Waals surface area contributed by atoms with E-state index in [0.717, 1.165) is 4.88 Å².